The molecule has 2 aromatic carbocycles. The van der Waals surface area contributed by atoms with Crippen molar-refractivity contribution in [1.29, 1.82) is 0 Å². The highest BCUT2D eigenvalue weighted by molar-refractivity contribution is 7.99. The summed E-state index contributed by atoms with van der Waals surface area (Å²) in [6.45, 7) is 2.55. The lowest BCUT2D eigenvalue weighted by Gasteiger charge is -2.11. The van der Waals surface area contributed by atoms with Crippen molar-refractivity contribution < 1.29 is 9.53 Å². The second-order valence-corrected chi connectivity index (χ2v) is 6.23. The second-order valence-electron chi connectivity index (χ2n) is 5.29. The van der Waals surface area contributed by atoms with E-state index in [-0.39, 0.29) is 11.7 Å². The predicted molar refractivity (Wildman–Crippen MR) is 101 cm³/mol. The molecule has 1 aromatic heterocycles. The minimum atomic E-state index is -0.280. The van der Waals surface area contributed by atoms with E-state index < -0.39 is 0 Å². The van der Waals surface area contributed by atoms with Crippen LogP contribution in [0.3, 0.4) is 0 Å². The molecule has 0 aliphatic carbocycles. The Morgan fingerprint density at radius 1 is 1.15 bits per heavy atom. The highest BCUT2D eigenvalue weighted by Crippen LogP contribution is 2.28. The maximum absolute atomic E-state index is 11.5. The zero-order chi connectivity index (χ0) is 18.4. The van der Waals surface area contributed by atoms with Gasteiger partial charge in [-0.1, -0.05) is 42.1 Å². The molecule has 1 amide bonds. The summed E-state index contributed by atoms with van der Waals surface area (Å²) in [7, 11) is 0. The van der Waals surface area contributed by atoms with Crippen LogP contribution in [0.25, 0.3) is 17.1 Å². The van der Waals surface area contributed by atoms with E-state index in [2.05, 4.69) is 15.6 Å². The zero-order valence-electron chi connectivity index (χ0n) is 14.3. The minimum absolute atomic E-state index is 0.153. The molecule has 0 unspecified atom stereocenters. The minimum Gasteiger partial charge on any atom is -0.494 e. The lowest BCUT2D eigenvalue weighted by Crippen LogP contribution is -2.31. The first-order valence-corrected chi connectivity index (χ1v) is 9.07. The van der Waals surface area contributed by atoms with Crippen LogP contribution in [0.1, 0.15) is 6.92 Å². The van der Waals surface area contributed by atoms with Gasteiger partial charge in [0.25, 0.3) is 0 Å². The molecule has 8 heteroatoms. The van der Waals surface area contributed by atoms with Gasteiger partial charge in [-0.25, -0.2) is 5.84 Å². The van der Waals surface area contributed by atoms with Crippen LogP contribution in [0.2, 0.25) is 0 Å². The van der Waals surface area contributed by atoms with Crippen LogP contribution in [0, 0.1) is 0 Å². The number of amides is 1. The average Bonchev–Trinajstić information content (AvgIpc) is 3.11. The maximum Gasteiger partial charge on any atom is 0.244 e. The van der Waals surface area contributed by atoms with E-state index in [0.29, 0.717) is 17.6 Å². The van der Waals surface area contributed by atoms with Gasteiger partial charge >= 0.3 is 0 Å². The van der Waals surface area contributed by atoms with Crippen LogP contribution in [-0.4, -0.2) is 33.0 Å². The molecule has 0 atom stereocenters. The van der Waals surface area contributed by atoms with Crippen LogP contribution >= 0.6 is 11.8 Å². The van der Waals surface area contributed by atoms with Crippen molar-refractivity contribution in [2.24, 2.45) is 5.84 Å². The number of hydrogen-bond acceptors (Lipinski definition) is 6. The van der Waals surface area contributed by atoms with E-state index in [0.717, 1.165) is 17.0 Å². The van der Waals surface area contributed by atoms with Crippen molar-refractivity contribution in [2.45, 2.75) is 12.1 Å². The first kappa shape index (κ1) is 18.0. The molecule has 0 spiro atoms. The Labute approximate surface area is 155 Å². The summed E-state index contributed by atoms with van der Waals surface area (Å²) in [4.78, 5) is 11.5. The molecule has 0 radical (unpaired) electrons. The molecule has 0 fully saturated rings. The number of nitrogens with one attached hydrogen (secondary N) is 1. The Hall–Kier alpha value is -2.84. The number of aromatic nitrogens is 3. The number of benzene rings is 2. The summed E-state index contributed by atoms with van der Waals surface area (Å²) >= 11 is 1.27. The number of hydrogen-bond donors (Lipinski definition) is 2. The maximum atomic E-state index is 11.5. The van der Waals surface area contributed by atoms with Gasteiger partial charge in [-0.3, -0.25) is 14.8 Å². The third-order valence-corrected chi connectivity index (χ3v) is 4.49. The molecule has 3 N–H and O–H groups in total. The lowest BCUT2D eigenvalue weighted by atomic mass is 10.2. The Kier molecular flexibility index (Phi) is 5.88. The van der Waals surface area contributed by atoms with Gasteiger partial charge in [0.15, 0.2) is 11.0 Å². The third kappa shape index (κ3) is 4.04. The highest BCUT2D eigenvalue weighted by Gasteiger charge is 2.17. The molecule has 0 saturated heterocycles. The Balaban J connectivity index is 2.01. The molecule has 26 heavy (non-hydrogen) atoms. The fourth-order valence-electron chi connectivity index (χ4n) is 2.40. The van der Waals surface area contributed by atoms with E-state index in [9.17, 15) is 4.79 Å². The van der Waals surface area contributed by atoms with E-state index in [4.69, 9.17) is 10.6 Å². The quantitative estimate of drug-likeness (QED) is 0.287. The van der Waals surface area contributed by atoms with Crippen molar-refractivity contribution >= 4 is 17.7 Å². The molecule has 7 nitrogen and oxygen atoms in total. The number of nitrogens with two attached hydrogens (primary N) is 1. The van der Waals surface area contributed by atoms with Crippen molar-refractivity contribution in [3.05, 3.63) is 54.6 Å². The number of carbonyl (C=O) groups is 1. The summed E-state index contributed by atoms with van der Waals surface area (Å²) in [5.74, 6) is 6.52. The second kappa shape index (κ2) is 8.50. The summed E-state index contributed by atoms with van der Waals surface area (Å²) in [5.41, 5.74) is 3.94. The van der Waals surface area contributed by atoms with Crippen LogP contribution in [0.5, 0.6) is 5.75 Å². The van der Waals surface area contributed by atoms with Gasteiger partial charge < -0.3 is 4.74 Å². The highest BCUT2D eigenvalue weighted by atomic mass is 32.2. The Morgan fingerprint density at radius 3 is 2.54 bits per heavy atom. The standard InChI is InChI=1S/C18H19N5O2S/c1-2-25-15-10-8-14(9-11-15)23-17(13-6-4-3-5-7-13)21-22-18(23)26-12-16(24)20-19/h3-11H,2,12,19H2,1H3,(H,20,24). The fourth-order valence-corrected chi connectivity index (χ4v) is 3.16. The van der Waals surface area contributed by atoms with Gasteiger partial charge in [0.2, 0.25) is 5.91 Å². The van der Waals surface area contributed by atoms with Crippen molar-refractivity contribution in [3.63, 3.8) is 0 Å². The van der Waals surface area contributed by atoms with Crippen LogP contribution < -0.4 is 16.0 Å². The molecule has 1 heterocycles. The summed E-state index contributed by atoms with van der Waals surface area (Å²) < 4.78 is 7.42. The first-order chi connectivity index (χ1) is 12.7. The van der Waals surface area contributed by atoms with Gasteiger partial charge in [0.1, 0.15) is 5.75 Å². The lowest BCUT2D eigenvalue weighted by molar-refractivity contribution is -0.118. The van der Waals surface area contributed by atoms with Crippen molar-refractivity contribution in [1.82, 2.24) is 20.2 Å². The number of hydrazine groups is 1. The largest absolute Gasteiger partial charge is 0.494 e. The average molecular weight is 369 g/mol. The van der Waals surface area contributed by atoms with Crippen LogP contribution in [0.4, 0.5) is 0 Å². The summed E-state index contributed by atoms with van der Waals surface area (Å²) in [6.07, 6.45) is 0. The van der Waals surface area contributed by atoms with E-state index in [1.54, 1.807) is 0 Å². The number of nitrogens with zero attached hydrogens (tertiary/aromatic N) is 3. The SMILES string of the molecule is CCOc1ccc(-n2c(SCC(=O)NN)nnc2-c2ccccc2)cc1. The monoisotopic (exact) mass is 369 g/mol. The van der Waals surface area contributed by atoms with Gasteiger partial charge in [-0.15, -0.1) is 10.2 Å². The number of ether oxygens (including phenoxy) is 1. The number of thioether (sulfide) groups is 1. The molecule has 3 aromatic rings. The molecule has 134 valence electrons. The molecule has 3 rings (SSSR count). The molecule has 0 saturated carbocycles. The van der Waals surface area contributed by atoms with Crippen molar-refractivity contribution in [3.8, 4) is 22.8 Å². The first-order valence-electron chi connectivity index (χ1n) is 8.09. The smallest absolute Gasteiger partial charge is 0.244 e. The molecular weight excluding hydrogens is 350 g/mol. The third-order valence-electron chi connectivity index (χ3n) is 3.56. The Morgan fingerprint density at radius 2 is 1.88 bits per heavy atom. The van der Waals surface area contributed by atoms with Crippen molar-refractivity contribution in [2.75, 3.05) is 12.4 Å². The van der Waals surface area contributed by atoms with E-state index >= 15 is 0 Å². The van der Waals surface area contributed by atoms with Gasteiger partial charge in [-0.2, -0.15) is 0 Å². The predicted octanol–water partition coefficient (Wildman–Crippen LogP) is 2.42. The summed E-state index contributed by atoms with van der Waals surface area (Å²) in [6, 6.07) is 17.4. The Bertz CT molecular complexity index is 865. The molecule has 0 aliphatic rings. The normalized spacial score (nSPS) is 10.5. The molecule has 0 aliphatic heterocycles. The van der Waals surface area contributed by atoms with Crippen LogP contribution in [0.15, 0.2) is 59.8 Å². The van der Waals surface area contributed by atoms with Gasteiger partial charge in [0, 0.05) is 11.3 Å². The fraction of sp³-hybridized carbons (Fsp3) is 0.167. The molecule has 0 bridgehead atoms. The van der Waals surface area contributed by atoms with Crippen LogP contribution in [-0.2, 0) is 4.79 Å². The van der Waals surface area contributed by atoms with E-state index in [1.165, 1.54) is 11.8 Å². The number of carbonyl (C=O) groups excluding carboxylic acids is 1. The van der Waals surface area contributed by atoms with Gasteiger partial charge in [0.05, 0.1) is 12.4 Å². The molecular formula is C18H19N5O2S. The van der Waals surface area contributed by atoms with Gasteiger partial charge in [-0.05, 0) is 31.2 Å². The zero-order valence-corrected chi connectivity index (χ0v) is 15.1. The summed E-state index contributed by atoms with van der Waals surface area (Å²) in [5, 5.41) is 9.19. The topological polar surface area (TPSA) is 95.1 Å². The van der Waals surface area contributed by atoms with E-state index in [1.807, 2.05) is 66.1 Å². The number of rotatable bonds is 7.